The minimum atomic E-state index is -3.54. The van der Waals surface area contributed by atoms with Crippen LogP contribution in [0.3, 0.4) is 0 Å². The molecule has 0 amide bonds. The molecule has 0 spiro atoms. The quantitative estimate of drug-likeness (QED) is 0.680. The Labute approximate surface area is 134 Å². The minimum absolute atomic E-state index is 0.157. The van der Waals surface area contributed by atoms with Crippen molar-refractivity contribution in [2.75, 3.05) is 26.7 Å². The Morgan fingerprint density at radius 3 is 2.81 bits per heavy atom. The van der Waals surface area contributed by atoms with Gasteiger partial charge in [-0.1, -0.05) is 6.92 Å². The first-order valence-corrected chi connectivity index (χ1v) is 9.40. The van der Waals surface area contributed by atoms with E-state index in [4.69, 9.17) is 4.42 Å². The van der Waals surface area contributed by atoms with Gasteiger partial charge in [0.2, 0.25) is 10.0 Å². The van der Waals surface area contributed by atoms with Crippen LogP contribution in [0.4, 0.5) is 0 Å². The van der Waals surface area contributed by atoms with Crippen LogP contribution in [0.15, 0.2) is 20.0 Å². The van der Waals surface area contributed by atoms with Gasteiger partial charge in [-0.3, -0.25) is 0 Å². The number of sulfonamides is 1. The van der Waals surface area contributed by atoms with Crippen molar-refractivity contribution in [2.45, 2.75) is 37.2 Å². The molecule has 1 aliphatic carbocycles. The first-order chi connectivity index (χ1) is 9.94. The van der Waals surface area contributed by atoms with E-state index in [1.165, 1.54) is 12.8 Å². The standard InChI is InChI=1S/C13H22BrN3O3S/c1-3-15-9-11-8-12(13(14)20-11)21(18,19)16-6-7-17(2)10-4-5-10/h8,10,15-16H,3-7,9H2,1-2H3. The average Bonchev–Trinajstić information content (AvgIpc) is 3.20. The van der Waals surface area contributed by atoms with E-state index in [0.29, 0.717) is 31.4 Å². The number of nitrogens with zero attached hydrogens (tertiary/aromatic N) is 1. The van der Waals surface area contributed by atoms with Crippen LogP contribution in [0.2, 0.25) is 0 Å². The summed E-state index contributed by atoms with van der Waals surface area (Å²) in [6, 6.07) is 2.18. The van der Waals surface area contributed by atoms with Crippen LogP contribution in [0.25, 0.3) is 0 Å². The fourth-order valence-corrected chi connectivity index (χ4v) is 4.07. The predicted molar refractivity (Wildman–Crippen MR) is 84.6 cm³/mol. The van der Waals surface area contributed by atoms with Crippen molar-refractivity contribution in [3.8, 4) is 0 Å². The molecular weight excluding hydrogens is 358 g/mol. The molecule has 120 valence electrons. The second kappa shape index (κ2) is 7.23. The fraction of sp³-hybridized carbons (Fsp3) is 0.692. The largest absolute Gasteiger partial charge is 0.452 e. The molecule has 1 fully saturated rings. The molecule has 0 atom stereocenters. The van der Waals surface area contributed by atoms with Gasteiger partial charge in [0.05, 0.1) is 6.54 Å². The van der Waals surface area contributed by atoms with Crippen LogP contribution in [0.1, 0.15) is 25.5 Å². The molecule has 1 heterocycles. The topological polar surface area (TPSA) is 74.6 Å². The van der Waals surface area contributed by atoms with Gasteiger partial charge in [0, 0.05) is 25.2 Å². The molecule has 8 heteroatoms. The van der Waals surface area contributed by atoms with Gasteiger partial charge in [0.15, 0.2) is 4.67 Å². The lowest BCUT2D eigenvalue weighted by molar-refractivity contribution is 0.329. The highest BCUT2D eigenvalue weighted by molar-refractivity contribution is 9.10. The molecule has 0 saturated heterocycles. The van der Waals surface area contributed by atoms with Gasteiger partial charge in [-0.25, -0.2) is 13.1 Å². The van der Waals surface area contributed by atoms with Gasteiger partial charge < -0.3 is 14.6 Å². The SMILES string of the molecule is CCNCc1cc(S(=O)(=O)NCCN(C)C2CC2)c(Br)o1. The Hall–Kier alpha value is -0.410. The second-order valence-corrected chi connectivity index (χ2v) is 7.70. The van der Waals surface area contributed by atoms with Gasteiger partial charge in [-0.15, -0.1) is 0 Å². The smallest absolute Gasteiger partial charge is 0.245 e. The maximum Gasteiger partial charge on any atom is 0.245 e. The van der Waals surface area contributed by atoms with E-state index in [1.807, 2.05) is 14.0 Å². The summed E-state index contributed by atoms with van der Waals surface area (Å²) in [5.74, 6) is 0.596. The highest BCUT2D eigenvalue weighted by atomic mass is 79.9. The van der Waals surface area contributed by atoms with E-state index in [9.17, 15) is 8.42 Å². The van der Waals surface area contributed by atoms with E-state index in [1.54, 1.807) is 6.07 Å². The number of hydrogen-bond acceptors (Lipinski definition) is 5. The van der Waals surface area contributed by atoms with Crippen molar-refractivity contribution in [3.05, 3.63) is 16.5 Å². The molecule has 0 aromatic carbocycles. The van der Waals surface area contributed by atoms with Crippen molar-refractivity contribution in [2.24, 2.45) is 0 Å². The van der Waals surface area contributed by atoms with Gasteiger partial charge in [0.25, 0.3) is 0 Å². The third kappa shape index (κ3) is 4.79. The van der Waals surface area contributed by atoms with E-state index in [-0.39, 0.29) is 9.56 Å². The zero-order valence-corrected chi connectivity index (χ0v) is 14.8. The van der Waals surface area contributed by atoms with Crippen molar-refractivity contribution < 1.29 is 12.8 Å². The van der Waals surface area contributed by atoms with Crippen LogP contribution in [0, 0.1) is 0 Å². The van der Waals surface area contributed by atoms with Crippen molar-refractivity contribution in [3.63, 3.8) is 0 Å². The maximum atomic E-state index is 12.3. The van der Waals surface area contributed by atoms with E-state index < -0.39 is 10.0 Å². The van der Waals surface area contributed by atoms with Crippen LogP contribution >= 0.6 is 15.9 Å². The Kier molecular flexibility index (Phi) is 5.84. The number of halogens is 1. The third-order valence-electron chi connectivity index (χ3n) is 3.47. The average molecular weight is 380 g/mol. The molecule has 6 nitrogen and oxygen atoms in total. The van der Waals surface area contributed by atoms with Crippen LogP contribution < -0.4 is 10.0 Å². The van der Waals surface area contributed by atoms with Crippen LogP contribution in [-0.2, 0) is 16.6 Å². The molecule has 2 N–H and O–H groups in total. The lowest BCUT2D eigenvalue weighted by atomic mass is 10.4. The first-order valence-electron chi connectivity index (χ1n) is 7.13. The summed E-state index contributed by atoms with van der Waals surface area (Å²) >= 11 is 3.17. The lowest BCUT2D eigenvalue weighted by Crippen LogP contribution is -2.33. The van der Waals surface area contributed by atoms with E-state index >= 15 is 0 Å². The summed E-state index contributed by atoms with van der Waals surface area (Å²) < 4.78 is 32.8. The molecule has 0 bridgehead atoms. The van der Waals surface area contributed by atoms with Gasteiger partial charge >= 0.3 is 0 Å². The number of likely N-dealkylation sites (N-methyl/N-ethyl adjacent to an activating group) is 1. The maximum absolute atomic E-state index is 12.3. The summed E-state index contributed by atoms with van der Waals surface area (Å²) in [5.41, 5.74) is 0. The molecule has 1 aromatic heterocycles. The normalized spacial score (nSPS) is 15.8. The van der Waals surface area contributed by atoms with Crippen LogP contribution in [0.5, 0.6) is 0 Å². The monoisotopic (exact) mass is 379 g/mol. The van der Waals surface area contributed by atoms with E-state index in [0.717, 1.165) is 6.54 Å². The molecule has 1 saturated carbocycles. The van der Waals surface area contributed by atoms with Crippen molar-refractivity contribution in [1.82, 2.24) is 14.9 Å². The summed E-state index contributed by atoms with van der Waals surface area (Å²) in [6.07, 6.45) is 2.43. The zero-order valence-electron chi connectivity index (χ0n) is 12.4. The lowest BCUT2D eigenvalue weighted by Gasteiger charge is -2.15. The van der Waals surface area contributed by atoms with Crippen molar-refractivity contribution >= 4 is 26.0 Å². The summed E-state index contributed by atoms with van der Waals surface area (Å²) in [6.45, 7) is 4.40. The van der Waals surface area contributed by atoms with Gasteiger partial charge in [-0.05, 0) is 42.4 Å². The molecule has 0 unspecified atom stereocenters. The van der Waals surface area contributed by atoms with Crippen molar-refractivity contribution in [1.29, 1.82) is 0 Å². The summed E-state index contributed by atoms with van der Waals surface area (Å²) in [5, 5.41) is 3.10. The zero-order chi connectivity index (χ0) is 15.5. The van der Waals surface area contributed by atoms with E-state index in [2.05, 4.69) is 30.9 Å². The molecular formula is C13H22BrN3O3S. The van der Waals surface area contributed by atoms with Gasteiger partial charge in [-0.2, -0.15) is 0 Å². The third-order valence-corrected chi connectivity index (χ3v) is 5.79. The Balaban J connectivity index is 1.92. The first kappa shape index (κ1) is 17.0. The number of nitrogens with one attached hydrogen (secondary N) is 2. The Bertz CT molecular complexity index is 569. The Morgan fingerprint density at radius 1 is 1.48 bits per heavy atom. The highest BCUT2D eigenvalue weighted by Gasteiger charge is 2.26. The number of furan rings is 1. The summed E-state index contributed by atoms with van der Waals surface area (Å²) in [7, 11) is -1.52. The van der Waals surface area contributed by atoms with Gasteiger partial charge in [0.1, 0.15) is 10.7 Å². The molecule has 0 radical (unpaired) electrons. The second-order valence-electron chi connectivity index (χ2n) is 5.24. The highest BCUT2D eigenvalue weighted by Crippen LogP contribution is 2.26. The number of hydrogen-bond donors (Lipinski definition) is 2. The number of rotatable bonds is 9. The Morgan fingerprint density at radius 2 is 2.19 bits per heavy atom. The molecule has 21 heavy (non-hydrogen) atoms. The van der Waals surface area contributed by atoms with Crippen LogP contribution in [-0.4, -0.2) is 46.0 Å². The molecule has 1 aliphatic rings. The molecule has 0 aliphatic heterocycles. The molecule has 2 rings (SSSR count). The summed E-state index contributed by atoms with van der Waals surface area (Å²) in [4.78, 5) is 2.34. The predicted octanol–water partition coefficient (Wildman–Crippen LogP) is 1.52. The minimum Gasteiger partial charge on any atom is -0.452 e. The fourth-order valence-electron chi connectivity index (χ4n) is 2.05. The molecule has 1 aromatic rings.